The number of aliphatic hydroxyl groups is 1. The summed E-state index contributed by atoms with van der Waals surface area (Å²) in [4.78, 5) is 123. The summed E-state index contributed by atoms with van der Waals surface area (Å²) in [5.41, 5.74) is 2.37. The molecule has 0 aromatic heterocycles. The molecule has 0 bridgehead atoms. The molecule has 4 saturated heterocycles. The van der Waals surface area contributed by atoms with Gasteiger partial charge in [0.1, 0.15) is 74.2 Å². The normalized spacial score (nSPS) is 26.5. The molecule has 28 nitrogen and oxygen atoms in total. The zero-order valence-corrected chi connectivity index (χ0v) is 53.8. The molecule has 9 rings (SSSR count). The number of esters is 7. The van der Waals surface area contributed by atoms with Gasteiger partial charge in [-0.15, -0.1) is 0 Å². The Bertz CT molecular complexity index is 3460. The van der Waals surface area contributed by atoms with Gasteiger partial charge in [0.05, 0.1) is 51.1 Å². The molecule has 0 unspecified atom stereocenters. The lowest BCUT2D eigenvalue weighted by Crippen LogP contribution is -2.70. The van der Waals surface area contributed by atoms with Crippen LogP contribution in [0.1, 0.15) is 71.5 Å². The van der Waals surface area contributed by atoms with Crippen molar-refractivity contribution in [1.82, 2.24) is 4.90 Å². The summed E-state index contributed by atoms with van der Waals surface area (Å²) in [5.74, 6) is -11.8. The van der Waals surface area contributed by atoms with Crippen molar-refractivity contribution >= 4 is 53.8 Å². The summed E-state index contributed by atoms with van der Waals surface area (Å²) in [6, 6.07) is 41.3. The standard InChI is InChI=1S/C69H75NO27/c1-40(71)83-37-52(90-42(3)73)57(91-43(4)74)58-54-49(94-68(80)70(54)53(75)39-84-41(2)72)32-69(96-58,67(79)82-6)97-59-55(76)50(36-88-63(77)47-28-18-10-19-29-47)92-66(62(59)95-64(78)48-30-20-11-21-31-48)89-38-51-56(85-33-44-22-12-7-13-23-44)60(86-34-45-24-14-8-15-25-45)61(65(81-5)93-51)87-35-46-26-16-9-17-27-46/h7-31,49-52,54-62,65-66,76H,32-39H2,1-6H3/t49-,50+,51+,52+,54+,55-,56+,57+,58+,59-,60-,61+,62+,65+,66+,69-/m0/s1. The van der Waals surface area contributed by atoms with Gasteiger partial charge in [0.25, 0.3) is 11.7 Å². The minimum atomic E-state index is -3.11. The monoisotopic (exact) mass is 1350 g/mol. The summed E-state index contributed by atoms with van der Waals surface area (Å²) in [6.45, 7) is 0.626. The highest BCUT2D eigenvalue weighted by molar-refractivity contribution is 5.95. The molecule has 0 aliphatic carbocycles. The van der Waals surface area contributed by atoms with E-state index in [2.05, 4.69) is 0 Å². The van der Waals surface area contributed by atoms with Gasteiger partial charge in [-0.05, 0) is 41.0 Å². The van der Waals surface area contributed by atoms with Gasteiger partial charge in [0.15, 0.2) is 37.5 Å². The van der Waals surface area contributed by atoms with Crippen LogP contribution in [0, 0.1) is 0 Å². The fourth-order valence-corrected chi connectivity index (χ4v) is 11.5. The number of aliphatic hydroxyl groups excluding tert-OH is 1. The number of nitrogens with zero attached hydrogens (tertiary/aromatic N) is 1. The number of hydrogen-bond acceptors (Lipinski definition) is 27. The molecule has 2 amide bonds. The quantitative estimate of drug-likeness (QED) is 0.0483. The fourth-order valence-electron chi connectivity index (χ4n) is 11.5. The van der Waals surface area contributed by atoms with Gasteiger partial charge in [-0.2, -0.15) is 0 Å². The van der Waals surface area contributed by atoms with Gasteiger partial charge in [0.2, 0.25) is 0 Å². The van der Waals surface area contributed by atoms with E-state index < -0.39 is 184 Å². The third-order valence-electron chi connectivity index (χ3n) is 15.9. The first kappa shape index (κ1) is 72.2. The number of benzene rings is 5. The summed E-state index contributed by atoms with van der Waals surface area (Å²) >= 11 is 0. The summed E-state index contributed by atoms with van der Waals surface area (Å²) in [6.07, 6.45) is -26.2. The summed E-state index contributed by atoms with van der Waals surface area (Å²) in [5, 5.41) is 12.9. The fraction of sp³-hybridized carbons (Fsp3) is 0.435. The molecule has 16 atom stereocenters. The van der Waals surface area contributed by atoms with Crippen LogP contribution in [-0.2, 0) is 129 Å². The van der Waals surface area contributed by atoms with Gasteiger partial charge in [-0.1, -0.05) is 127 Å². The Morgan fingerprint density at radius 3 is 1.60 bits per heavy atom. The second kappa shape index (κ2) is 34.2. The first-order chi connectivity index (χ1) is 46.8. The minimum absolute atomic E-state index is 0.0105. The second-order valence-electron chi connectivity index (χ2n) is 22.7. The molecule has 4 heterocycles. The van der Waals surface area contributed by atoms with Gasteiger partial charge in [-0.3, -0.25) is 24.0 Å². The molecule has 5 aromatic rings. The van der Waals surface area contributed by atoms with Crippen LogP contribution >= 0.6 is 0 Å². The predicted molar refractivity (Wildman–Crippen MR) is 328 cm³/mol. The third kappa shape index (κ3) is 18.7. The lowest BCUT2D eigenvalue weighted by Gasteiger charge is -2.50. The lowest BCUT2D eigenvalue weighted by molar-refractivity contribution is -0.373. The number of ether oxygens (including phenoxy) is 17. The van der Waals surface area contributed by atoms with Crippen LogP contribution in [0.5, 0.6) is 0 Å². The highest BCUT2D eigenvalue weighted by Crippen LogP contribution is 2.45. The number of imide groups is 1. The topological polar surface area (TPSA) is 334 Å². The molecule has 4 fully saturated rings. The van der Waals surface area contributed by atoms with Crippen molar-refractivity contribution in [2.24, 2.45) is 0 Å². The van der Waals surface area contributed by atoms with Crippen LogP contribution in [0.15, 0.2) is 152 Å². The van der Waals surface area contributed by atoms with Crippen molar-refractivity contribution in [1.29, 1.82) is 0 Å². The average Bonchev–Trinajstić information content (AvgIpc) is 1.66. The Balaban J connectivity index is 1.16. The van der Waals surface area contributed by atoms with Crippen LogP contribution in [0.25, 0.3) is 0 Å². The molecular formula is C69H75NO27. The first-order valence-corrected chi connectivity index (χ1v) is 30.9. The molecule has 0 saturated carbocycles. The first-order valence-electron chi connectivity index (χ1n) is 30.9. The zero-order chi connectivity index (χ0) is 69.2. The summed E-state index contributed by atoms with van der Waals surface area (Å²) < 4.78 is 105. The van der Waals surface area contributed by atoms with E-state index in [4.69, 9.17) is 80.5 Å². The number of fused-ring (bicyclic) bond motifs is 1. The largest absolute Gasteiger partial charge is 0.465 e. The van der Waals surface area contributed by atoms with E-state index in [0.29, 0.717) is 4.90 Å². The molecule has 4 aliphatic heterocycles. The maximum absolute atomic E-state index is 15.1. The maximum Gasteiger partial charge on any atom is 0.417 e. The molecule has 28 heteroatoms. The van der Waals surface area contributed by atoms with E-state index in [0.717, 1.165) is 51.5 Å². The van der Waals surface area contributed by atoms with E-state index in [1.807, 2.05) is 91.0 Å². The van der Waals surface area contributed by atoms with Crippen molar-refractivity contribution in [2.45, 2.75) is 152 Å². The lowest BCUT2D eigenvalue weighted by atomic mass is 9.87. The van der Waals surface area contributed by atoms with E-state index >= 15 is 4.79 Å². The van der Waals surface area contributed by atoms with Gasteiger partial charge in [0, 0.05) is 34.8 Å². The molecule has 4 aliphatic rings. The number of hydrogen-bond donors (Lipinski definition) is 1. The van der Waals surface area contributed by atoms with Crippen molar-refractivity contribution in [2.75, 3.05) is 40.6 Å². The van der Waals surface area contributed by atoms with Gasteiger partial charge >= 0.3 is 47.9 Å². The molecule has 0 radical (unpaired) electrons. The number of rotatable bonds is 29. The van der Waals surface area contributed by atoms with Gasteiger partial charge < -0.3 is 85.6 Å². The molecule has 518 valence electrons. The Kier molecular flexibility index (Phi) is 25.5. The Morgan fingerprint density at radius 2 is 1.07 bits per heavy atom. The number of carbonyl (C=O) groups excluding carboxylic acids is 9. The molecule has 0 spiro atoms. The third-order valence-corrected chi connectivity index (χ3v) is 15.9. The smallest absolute Gasteiger partial charge is 0.417 e. The minimum Gasteiger partial charge on any atom is -0.465 e. The SMILES string of the molecule is COC(=O)[C@@]1(O[C@H]2[C@@H](O)[C@@H](COC(=O)c3ccccc3)O[C@@H](OC[C@H]3O[C@@H](OC)[C@H](OCc4ccccc4)[C@@H](OCc4ccccc4)[C@@H]3OCc3ccccc3)[C@@H]2OC(=O)c2ccccc2)C[C@@H]2OC(=O)N(C(=O)COC(C)=O)[C@H]2[C@H]([C@H](OC(C)=O)[C@@H](COC(C)=O)OC(C)=O)O1. The summed E-state index contributed by atoms with van der Waals surface area (Å²) in [7, 11) is 2.30. The zero-order valence-electron chi connectivity index (χ0n) is 53.8. The average molecular weight is 1350 g/mol. The highest BCUT2D eigenvalue weighted by atomic mass is 16.8. The predicted octanol–water partition coefficient (Wildman–Crippen LogP) is 5.05. The van der Waals surface area contributed by atoms with Crippen LogP contribution in [0.4, 0.5) is 4.79 Å². The highest BCUT2D eigenvalue weighted by Gasteiger charge is 2.67. The van der Waals surface area contributed by atoms with Crippen molar-refractivity contribution in [3.63, 3.8) is 0 Å². The van der Waals surface area contributed by atoms with Crippen LogP contribution in [0.2, 0.25) is 0 Å². The van der Waals surface area contributed by atoms with E-state index in [9.17, 15) is 43.5 Å². The number of methoxy groups -OCH3 is 2. The molecular weight excluding hydrogens is 1270 g/mol. The Hall–Kier alpha value is -9.07. The van der Waals surface area contributed by atoms with E-state index in [-0.39, 0.29) is 30.9 Å². The second-order valence-corrected chi connectivity index (χ2v) is 22.7. The Morgan fingerprint density at radius 1 is 0.557 bits per heavy atom. The number of carbonyl (C=O) groups is 9. The Labute approximate surface area is 557 Å². The van der Waals surface area contributed by atoms with Crippen LogP contribution < -0.4 is 0 Å². The van der Waals surface area contributed by atoms with Crippen molar-refractivity contribution in [3.8, 4) is 0 Å². The molecule has 97 heavy (non-hydrogen) atoms. The van der Waals surface area contributed by atoms with E-state index in [1.54, 1.807) is 24.3 Å². The molecule has 5 aromatic carbocycles. The maximum atomic E-state index is 15.1. The van der Waals surface area contributed by atoms with Crippen LogP contribution in [0.3, 0.4) is 0 Å². The number of amides is 2. The van der Waals surface area contributed by atoms with Crippen molar-refractivity contribution < 1.29 is 129 Å². The van der Waals surface area contributed by atoms with Crippen molar-refractivity contribution in [3.05, 3.63) is 179 Å². The van der Waals surface area contributed by atoms with Gasteiger partial charge in [-0.25, -0.2) is 24.1 Å². The van der Waals surface area contributed by atoms with Crippen LogP contribution in [-0.4, -0.2) is 202 Å². The van der Waals surface area contributed by atoms with E-state index in [1.165, 1.54) is 43.5 Å². The molecule has 1 N–H and O–H groups in total.